The van der Waals surface area contributed by atoms with Gasteiger partial charge in [-0.1, -0.05) is 0 Å². The highest BCUT2D eigenvalue weighted by Crippen LogP contribution is 2.33. The second-order valence-electron chi connectivity index (χ2n) is 5.11. The molecule has 0 aliphatic carbocycles. The van der Waals surface area contributed by atoms with Gasteiger partial charge in [-0.2, -0.15) is 8.42 Å². The fraction of sp³-hybridized carbons (Fsp3) is 1.00. The van der Waals surface area contributed by atoms with E-state index in [2.05, 4.69) is 11.9 Å². The van der Waals surface area contributed by atoms with E-state index < -0.39 is 15.9 Å². The molecule has 0 aromatic rings. The standard InChI is InChI=1S/C11H21NO5S/c1-12-6-3-4-11(5-7-12)15-8-10(17-11)9-16-18(2,13)14/h10H,3-9H2,1-2H3. The van der Waals surface area contributed by atoms with Crippen molar-refractivity contribution in [3.8, 4) is 0 Å². The Kier molecular flexibility index (Phi) is 4.28. The summed E-state index contributed by atoms with van der Waals surface area (Å²) in [4.78, 5) is 2.25. The first-order valence-electron chi connectivity index (χ1n) is 6.23. The van der Waals surface area contributed by atoms with Crippen LogP contribution in [0.15, 0.2) is 0 Å². The number of nitrogens with zero attached hydrogens (tertiary/aromatic N) is 1. The minimum Gasteiger partial charge on any atom is -0.347 e. The van der Waals surface area contributed by atoms with Gasteiger partial charge in [0.05, 0.1) is 19.5 Å². The molecule has 0 N–H and O–H groups in total. The number of likely N-dealkylation sites (tertiary alicyclic amines) is 1. The van der Waals surface area contributed by atoms with Crippen LogP contribution in [-0.4, -0.2) is 64.8 Å². The van der Waals surface area contributed by atoms with Crippen molar-refractivity contribution >= 4 is 10.1 Å². The van der Waals surface area contributed by atoms with E-state index in [1.807, 2.05) is 0 Å². The quantitative estimate of drug-likeness (QED) is 0.687. The summed E-state index contributed by atoms with van der Waals surface area (Å²) in [6, 6.07) is 0. The first-order chi connectivity index (χ1) is 8.39. The van der Waals surface area contributed by atoms with Crippen LogP contribution in [0.25, 0.3) is 0 Å². The zero-order valence-electron chi connectivity index (χ0n) is 10.9. The van der Waals surface area contributed by atoms with E-state index in [1.54, 1.807) is 0 Å². The molecule has 2 saturated heterocycles. The van der Waals surface area contributed by atoms with Gasteiger partial charge >= 0.3 is 0 Å². The fourth-order valence-corrected chi connectivity index (χ4v) is 2.78. The van der Waals surface area contributed by atoms with Gasteiger partial charge in [0.2, 0.25) is 0 Å². The van der Waals surface area contributed by atoms with Gasteiger partial charge in [0.15, 0.2) is 5.79 Å². The lowest BCUT2D eigenvalue weighted by atomic mass is 10.1. The number of ether oxygens (including phenoxy) is 2. The molecule has 2 heterocycles. The van der Waals surface area contributed by atoms with Crippen LogP contribution in [0.5, 0.6) is 0 Å². The second-order valence-corrected chi connectivity index (χ2v) is 6.75. The molecule has 0 saturated carbocycles. The maximum absolute atomic E-state index is 10.9. The van der Waals surface area contributed by atoms with Gasteiger partial charge in [0.25, 0.3) is 10.1 Å². The highest BCUT2D eigenvalue weighted by molar-refractivity contribution is 7.85. The average molecular weight is 279 g/mol. The molecule has 2 rings (SSSR count). The third-order valence-electron chi connectivity index (χ3n) is 3.35. The molecule has 106 valence electrons. The van der Waals surface area contributed by atoms with E-state index in [4.69, 9.17) is 13.7 Å². The van der Waals surface area contributed by atoms with Crippen molar-refractivity contribution in [3.63, 3.8) is 0 Å². The Morgan fingerprint density at radius 2 is 2.17 bits per heavy atom. The SMILES string of the molecule is CN1CCCC2(CC1)OCC(COS(C)(=O)=O)O2. The minimum atomic E-state index is -3.41. The molecule has 2 fully saturated rings. The molecule has 0 bridgehead atoms. The van der Waals surface area contributed by atoms with Crippen molar-refractivity contribution < 1.29 is 22.1 Å². The summed E-state index contributed by atoms with van der Waals surface area (Å²) >= 11 is 0. The van der Waals surface area contributed by atoms with Crippen LogP contribution < -0.4 is 0 Å². The van der Waals surface area contributed by atoms with Gasteiger partial charge in [-0.05, 0) is 20.0 Å². The minimum absolute atomic E-state index is 0.0381. The summed E-state index contributed by atoms with van der Waals surface area (Å²) in [6.45, 7) is 2.41. The van der Waals surface area contributed by atoms with Crippen LogP contribution in [0.3, 0.4) is 0 Å². The maximum atomic E-state index is 10.9. The predicted octanol–water partition coefficient (Wildman–Crippen LogP) is 0.190. The molecule has 0 amide bonds. The summed E-state index contributed by atoms with van der Waals surface area (Å²) < 4.78 is 38.3. The van der Waals surface area contributed by atoms with Crippen LogP contribution in [0.4, 0.5) is 0 Å². The van der Waals surface area contributed by atoms with Gasteiger partial charge in [0, 0.05) is 19.4 Å². The predicted molar refractivity (Wildman–Crippen MR) is 65.7 cm³/mol. The largest absolute Gasteiger partial charge is 0.347 e. The highest BCUT2D eigenvalue weighted by atomic mass is 32.2. The lowest BCUT2D eigenvalue weighted by molar-refractivity contribution is -0.177. The first kappa shape index (κ1) is 14.2. The Labute approximate surface area is 108 Å². The molecule has 0 aromatic heterocycles. The number of rotatable bonds is 3. The van der Waals surface area contributed by atoms with E-state index in [0.717, 1.165) is 38.6 Å². The van der Waals surface area contributed by atoms with Crippen molar-refractivity contribution in [2.24, 2.45) is 0 Å². The molecule has 6 nitrogen and oxygen atoms in total. The molecule has 2 atom stereocenters. The zero-order chi connectivity index (χ0) is 13.2. The second kappa shape index (κ2) is 5.42. The molecule has 2 aliphatic heterocycles. The molecule has 7 heteroatoms. The lowest BCUT2D eigenvalue weighted by Crippen LogP contribution is -2.33. The Morgan fingerprint density at radius 1 is 1.39 bits per heavy atom. The highest BCUT2D eigenvalue weighted by Gasteiger charge is 2.42. The average Bonchev–Trinajstić information content (AvgIpc) is 2.58. The molecule has 18 heavy (non-hydrogen) atoms. The van der Waals surface area contributed by atoms with E-state index in [-0.39, 0.29) is 12.7 Å². The molecular formula is C11H21NO5S. The van der Waals surface area contributed by atoms with Gasteiger partial charge in [-0.15, -0.1) is 0 Å². The summed E-state index contributed by atoms with van der Waals surface area (Å²) in [5.74, 6) is -0.531. The van der Waals surface area contributed by atoms with Crippen LogP contribution in [0, 0.1) is 0 Å². The molecule has 0 aromatic carbocycles. The van der Waals surface area contributed by atoms with Gasteiger partial charge in [-0.3, -0.25) is 4.18 Å². The fourth-order valence-electron chi connectivity index (χ4n) is 2.38. The zero-order valence-corrected chi connectivity index (χ0v) is 11.7. The topological polar surface area (TPSA) is 65.1 Å². The van der Waals surface area contributed by atoms with Crippen LogP contribution >= 0.6 is 0 Å². The summed E-state index contributed by atoms with van der Waals surface area (Å²) in [7, 11) is -1.33. The summed E-state index contributed by atoms with van der Waals surface area (Å²) in [6.07, 6.45) is 3.45. The van der Waals surface area contributed by atoms with E-state index in [9.17, 15) is 8.42 Å². The molecule has 2 unspecified atom stereocenters. The third kappa shape index (κ3) is 3.89. The smallest absolute Gasteiger partial charge is 0.264 e. The van der Waals surface area contributed by atoms with E-state index in [0.29, 0.717) is 6.61 Å². The summed E-state index contributed by atoms with van der Waals surface area (Å²) in [5, 5.41) is 0. The molecule has 0 radical (unpaired) electrons. The van der Waals surface area contributed by atoms with Crippen molar-refractivity contribution in [1.29, 1.82) is 0 Å². The van der Waals surface area contributed by atoms with E-state index >= 15 is 0 Å². The van der Waals surface area contributed by atoms with Crippen LogP contribution in [-0.2, 0) is 23.8 Å². The molecule has 1 spiro atoms. The van der Waals surface area contributed by atoms with Crippen molar-refractivity contribution in [3.05, 3.63) is 0 Å². The Morgan fingerprint density at radius 3 is 2.89 bits per heavy atom. The van der Waals surface area contributed by atoms with Crippen molar-refractivity contribution in [2.45, 2.75) is 31.2 Å². The Bertz CT molecular complexity index is 385. The maximum Gasteiger partial charge on any atom is 0.264 e. The monoisotopic (exact) mass is 279 g/mol. The summed E-state index contributed by atoms with van der Waals surface area (Å²) in [5.41, 5.74) is 0. The first-order valence-corrected chi connectivity index (χ1v) is 8.05. The third-order valence-corrected chi connectivity index (χ3v) is 3.92. The van der Waals surface area contributed by atoms with Crippen LogP contribution in [0.1, 0.15) is 19.3 Å². The van der Waals surface area contributed by atoms with Gasteiger partial charge < -0.3 is 14.4 Å². The number of hydrogen-bond acceptors (Lipinski definition) is 6. The normalized spacial score (nSPS) is 34.9. The van der Waals surface area contributed by atoms with Crippen molar-refractivity contribution in [2.75, 3.05) is 39.6 Å². The van der Waals surface area contributed by atoms with E-state index in [1.165, 1.54) is 0 Å². The Hall–Kier alpha value is -0.210. The Balaban J connectivity index is 1.86. The van der Waals surface area contributed by atoms with Crippen LogP contribution in [0.2, 0.25) is 0 Å². The van der Waals surface area contributed by atoms with Crippen molar-refractivity contribution in [1.82, 2.24) is 4.90 Å². The van der Waals surface area contributed by atoms with Gasteiger partial charge in [-0.25, -0.2) is 0 Å². The lowest BCUT2D eigenvalue weighted by Gasteiger charge is -2.26. The number of hydrogen-bond donors (Lipinski definition) is 0. The van der Waals surface area contributed by atoms with Gasteiger partial charge in [0.1, 0.15) is 6.10 Å². The molecule has 2 aliphatic rings. The molecular weight excluding hydrogens is 258 g/mol.